The molecule has 0 heterocycles. The van der Waals surface area contributed by atoms with Gasteiger partial charge in [-0.2, -0.15) is 0 Å². The minimum absolute atomic E-state index is 0.170. The summed E-state index contributed by atoms with van der Waals surface area (Å²) in [4.78, 5) is 23.8. The van der Waals surface area contributed by atoms with Gasteiger partial charge in [-0.05, 0) is 38.5 Å². The topological polar surface area (TPSA) is 113 Å². The predicted molar refractivity (Wildman–Crippen MR) is 185 cm³/mol. The highest BCUT2D eigenvalue weighted by atomic mass is 16.6. The fraction of sp³-hybridized carbons (Fsp3) is 0.632. The van der Waals surface area contributed by atoms with Crippen molar-refractivity contribution in [1.82, 2.24) is 0 Å². The van der Waals surface area contributed by atoms with E-state index in [4.69, 9.17) is 9.47 Å². The van der Waals surface area contributed by atoms with Gasteiger partial charge in [0.15, 0.2) is 0 Å². The van der Waals surface area contributed by atoms with Crippen LogP contribution < -0.4 is 0 Å². The fourth-order valence-electron chi connectivity index (χ4n) is 4.23. The van der Waals surface area contributed by atoms with Crippen molar-refractivity contribution < 1.29 is 34.4 Å². The number of unbranched alkanes of at least 4 members (excludes halogenated alkanes) is 9. The third kappa shape index (κ3) is 32.5. The summed E-state index contributed by atoms with van der Waals surface area (Å²) < 4.78 is 10.2. The summed E-state index contributed by atoms with van der Waals surface area (Å²) in [7, 11) is 0. The van der Waals surface area contributed by atoms with Crippen molar-refractivity contribution in [2.24, 2.45) is 0 Å². The third-order valence-corrected chi connectivity index (χ3v) is 6.89. The number of hydrogen-bond acceptors (Lipinski definition) is 7. The Hall–Kier alpha value is -2.74. The summed E-state index contributed by atoms with van der Waals surface area (Å²) >= 11 is 0. The molecule has 0 rings (SSSR count). The summed E-state index contributed by atoms with van der Waals surface area (Å²) in [6.45, 7) is 3.92. The SMILES string of the molecule is CC/C=C\C[C@@H](O)/C=C/C=C\C=C\[C@@H](O)C/C=C\C/C=C\CCC(=O)OC[C@@H](O)COC(=O)CCCCCCCCCCCC. The van der Waals surface area contributed by atoms with E-state index in [2.05, 4.69) is 13.8 Å². The Balaban J connectivity index is 3.79. The number of rotatable bonds is 29. The highest BCUT2D eigenvalue weighted by Gasteiger charge is 2.11. The molecule has 0 aromatic heterocycles. The third-order valence-electron chi connectivity index (χ3n) is 6.89. The molecular formula is C38H62O7. The van der Waals surface area contributed by atoms with E-state index in [1.165, 1.54) is 44.9 Å². The number of aliphatic hydroxyl groups excluding tert-OH is 3. The van der Waals surface area contributed by atoms with E-state index in [0.29, 0.717) is 32.1 Å². The van der Waals surface area contributed by atoms with Gasteiger partial charge in [-0.1, -0.05) is 145 Å². The van der Waals surface area contributed by atoms with E-state index in [-0.39, 0.29) is 25.6 Å². The first-order chi connectivity index (χ1) is 21.9. The van der Waals surface area contributed by atoms with Crippen LogP contribution in [0.2, 0.25) is 0 Å². The second-order valence-corrected chi connectivity index (χ2v) is 11.3. The van der Waals surface area contributed by atoms with Crippen LogP contribution in [0.5, 0.6) is 0 Å². The van der Waals surface area contributed by atoms with Crippen LogP contribution >= 0.6 is 0 Å². The van der Waals surface area contributed by atoms with Crippen molar-refractivity contribution in [2.75, 3.05) is 13.2 Å². The zero-order chi connectivity index (χ0) is 33.2. The maximum atomic E-state index is 11.9. The van der Waals surface area contributed by atoms with Gasteiger partial charge in [-0.15, -0.1) is 0 Å². The molecule has 0 unspecified atom stereocenters. The maximum absolute atomic E-state index is 11.9. The van der Waals surface area contributed by atoms with Gasteiger partial charge in [-0.25, -0.2) is 0 Å². The molecule has 0 fully saturated rings. The zero-order valence-corrected chi connectivity index (χ0v) is 28.1. The Labute approximate surface area is 273 Å². The van der Waals surface area contributed by atoms with Crippen LogP contribution in [0.15, 0.2) is 72.9 Å². The average molecular weight is 631 g/mol. The average Bonchev–Trinajstić information content (AvgIpc) is 3.02. The first-order valence-corrected chi connectivity index (χ1v) is 17.2. The van der Waals surface area contributed by atoms with Crippen molar-refractivity contribution in [1.29, 1.82) is 0 Å². The van der Waals surface area contributed by atoms with Gasteiger partial charge >= 0.3 is 11.9 Å². The lowest BCUT2D eigenvalue weighted by molar-refractivity contribution is -0.152. The van der Waals surface area contributed by atoms with Crippen molar-refractivity contribution in [3.8, 4) is 0 Å². The van der Waals surface area contributed by atoms with E-state index in [1.807, 2.05) is 48.6 Å². The van der Waals surface area contributed by atoms with Gasteiger partial charge in [0.25, 0.3) is 0 Å². The number of allylic oxidation sites excluding steroid dienone is 8. The van der Waals surface area contributed by atoms with Crippen molar-refractivity contribution in [3.63, 3.8) is 0 Å². The van der Waals surface area contributed by atoms with Gasteiger partial charge < -0.3 is 24.8 Å². The van der Waals surface area contributed by atoms with E-state index >= 15 is 0 Å². The molecule has 7 heteroatoms. The second-order valence-electron chi connectivity index (χ2n) is 11.3. The molecule has 0 radical (unpaired) electrons. The Morgan fingerprint density at radius 1 is 0.578 bits per heavy atom. The van der Waals surface area contributed by atoms with Crippen molar-refractivity contribution in [3.05, 3.63) is 72.9 Å². The van der Waals surface area contributed by atoms with Crippen LogP contribution in [0, 0.1) is 0 Å². The highest BCUT2D eigenvalue weighted by molar-refractivity contribution is 5.70. The molecule has 3 N–H and O–H groups in total. The lowest BCUT2D eigenvalue weighted by Crippen LogP contribution is -2.25. The van der Waals surface area contributed by atoms with Gasteiger partial charge in [0.2, 0.25) is 0 Å². The van der Waals surface area contributed by atoms with E-state index in [0.717, 1.165) is 25.7 Å². The Bertz CT molecular complexity index is 885. The van der Waals surface area contributed by atoms with Crippen molar-refractivity contribution >= 4 is 11.9 Å². The molecule has 45 heavy (non-hydrogen) atoms. The summed E-state index contributed by atoms with van der Waals surface area (Å²) in [5, 5.41) is 29.7. The highest BCUT2D eigenvalue weighted by Crippen LogP contribution is 2.11. The Kier molecular flexibility index (Phi) is 30.7. The molecule has 0 aromatic carbocycles. The van der Waals surface area contributed by atoms with Gasteiger partial charge in [0.1, 0.15) is 19.3 Å². The summed E-state index contributed by atoms with van der Waals surface area (Å²) in [5.41, 5.74) is 0. The van der Waals surface area contributed by atoms with Gasteiger partial charge in [0.05, 0.1) is 12.2 Å². The number of esters is 2. The molecule has 0 aliphatic heterocycles. The van der Waals surface area contributed by atoms with Crippen LogP contribution in [0.3, 0.4) is 0 Å². The fourth-order valence-corrected chi connectivity index (χ4v) is 4.23. The first kappa shape index (κ1) is 42.3. The number of aliphatic hydroxyl groups is 3. The largest absolute Gasteiger partial charge is 0.463 e. The zero-order valence-electron chi connectivity index (χ0n) is 28.1. The molecule has 0 saturated carbocycles. The summed E-state index contributed by atoms with van der Waals surface area (Å²) in [6.07, 6.45) is 36.0. The quantitative estimate of drug-likeness (QED) is 0.0331. The second kappa shape index (κ2) is 32.6. The molecule has 0 aliphatic rings. The first-order valence-electron chi connectivity index (χ1n) is 17.2. The Morgan fingerprint density at radius 2 is 1.07 bits per heavy atom. The van der Waals surface area contributed by atoms with Crippen molar-refractivity contribution in [2.45, 2.75) is 141 Å². The number of ether oxygens (including phenoxy) is 2. The van der Waals surface area contributed by atoms with E-state index in [1.54, 1.807) is 24.3 Å². The monoisotopic (exact) mass is 630 g/mol. The molecule has 7 nitrogen and oxygen atoms in total. The minimum atomic E-state index is -1.03. The van der Waals surface area contributed by atoms with Crippen LogP contribution in [-0.4, -0.2) is 58.8 Å². The molecule has 0 amide bonds. The van der Waals surface area contributed by atoms with E-state index in [9.17, 15) is 24.9 Å². The van der Waals surface area contributed by atoms with Crippen LogP contribution in [0.25, 0.3) is 0 Å². The normalized spacial score (nSPS) is 14.5. The summed E-state index contributed by atoms with van der Waals surface area (Å²) in [6, 6.07) is 0. The number of carbonyl (C=O) groups excluding carboxylic acids is 2. The minimum Gasteiger partial charge on any atom is -0.463 e. The summed E-state index contributed by atoms with van der Waals surface area (Å²) in [5.74, 6) is -0.736. The molecule has 3 atom stereocenters. The molecular weight excluding hydrogens is 568 g/mol. The number of carbonyl (C=O) groups is 2. The lowest BCUT2D eigenvalue weighted by atomic mass is 10.1. The van der Waals surface area contributed by atoms with Crippen LogP contribution in [0.4, 0.5) is 0 Å². The molecule has 0 bridgehead atoms. The van der Waals surface area contributed by atoms with Gasteiger partial charge in [-0.3, -0.25) is 9.59 Å². The van der Waals surface area contributed by atoms with E-state index < -0.39 is 24.3 Å². The molecule has 0 spiro atoms. The maximum Gasteiger partial charge on any atom is 0.306 e. The molecule has 0 saturated heterocycles. The van der Waals surface area contributed by atoms with Gasteiger partial charge in [0, 0.05) is 12.8 Å². The predicted octanol–water partition coefficient (Wildman–Crippen LogP) is 8.16. The lowest BCUT2D eigenvalue weighted by Gasteiger charge is -2.12. The smallest absolute Gasteiger partial charge is 0.306 e. The van der Waals surface area contributed by atoms with Crippen LogP contribution in [-0.2, 0) is 19.1 Å². The number of hydrogen-bond donors (Lipinski definition) is 3. The van der Waals surface area contributed by atoms with Crippen LogP contribution in [0.1, 0.15) is 123 Å². The molecule has 0 aromatic rings. The molecule has 256 valence electrons. The standard InChI is InChI=1S/C38H62O7/c1-3-5-7-8-9-10-11-12-16-24-30-37(42)44-32-36(41)33-45-38(43)31-25-17-14-13-15-21-27-35(40)29-23-19-18-22-28-34(39)26-20-6-4-2/h6,14-15,17-23,28-29,34-36,39-41H,3-5,7-13,16,24-27,30-33H2,1-2H3/b17-14-,19-18-,20-6-,21-15-,28-22+,29-23+/t34-,35+,36+/m1/s1. The molecule has 0 aliphatic carbocycles. The Morgan fingerprint density at radius 3 is 1.62 bits per heavy atom.